The quantitative estimate of drug-likeness (QED) is 0.870. The van der Waals surface area contributed by atoms with Gasteiger partial charge in [-0.15, -0.1) is 0 Å². The minimum Gasteiger partial charge on any atom is -0.326 e. The molecule has 1 atom stereocenters. The van der Waals surface area contributed by atoms with Crippen LogP contribution in [0.15, 0.2) is 59.6 Å². The van der Waals surface area contributed by atoms with Gasteiger partial charge >= 0.3 is 0 Å². The number of carbonyl (C=O) groups is 2. The molecule has 26 heavy (non-hydrogen) atoms. The predicted octanol–water partition coefficient (Wildman–Crippen LogP) is 3.98. The summed E-state index contributed by atoms with van der Waals surface area (Å²) < 4.78 is 0. The summed E-state index contributed by atoms with van der Waals surface area (Å²) >= 11 is 1.35. The number of para-hydroxylation sites is 2. The van der Waals surface area contributed by atoms with Crippen LogP contribution in [0.25, 0.3) is 0 Å². The lowest BCUT2D eigenvalue weighted by molar-refractivity contribution is -0.128. The van der Waals surface area contributed by atoms with E-state index in [2.05, 4.69) is 10.3 Å². The molecular weight excluding hydrogens is 346 g/mol. The standard InChI is InChI=1S/C20H21N3O2S/c1-3-23-19(25)17(26-20(23)21-15-10-5-4-6-11-15)13-18(24)22-16-12-8-7-9-14(16)2/h4-12,17H,3,13H2,1-2H3,(H,22,24). The molecular formula is C20H21N3O2S. The lowest BCUT2D eigenvalue weighted by Gasteiger charge is -2.13. The van der Waals surface area contributed by atoms with Crippen LogP contribution in [0.5, 0.6) is 0 Å². The molecule has 0 bridgehead atoms. The predicted molar refractivity (Wildman–Crippen MR) is 107 cm³/mol. The highest BCUT2D eigenvalue weighted by atomic mass is 32.2. The van der Waals surface area contributed by atoms with Gasteiger partial charge in [-0.25, -0.2) is 4.99 Å². The minimum absolute atomic E-state index is 0.0629. The number of carbonyl (C=O) groups excluding carboxylic acids is 2. The van der Waals surface area contributed by atoms with Gasteiger partial charge in [0.2, 0.25) is 11.8 Å². The summed E-state index contributed by atoms with van der Waals surface area (Å²) in [6, 6.07) is 17.1. The van der Waals surface area contributed by atoms with Gasteiger partial charge in [-0.3, -0.25) is 14.5 Å². The van der Waals surface area contributed by atoms with Crippen molar-refractivity contribution in [1.82, 2.24) is 4.90 Å². The Labute approximate surface area is 157 Å². The molecule has 134 valence electrons. The maximum atomic E-state index is 12.6. The van der Waals surface area contributed by atoms with E-state index >= 15 is 0 Å². The first-order valence-electron chi connectivity index (χ1n) is 8.55. The Hall–Kier alpha value is -2.60. The van der Waals surface area contributed by atoms with E-state index in [1.54, 1.807) is 4.90 Å². The van der Waals surface area contributed by atoms with E-state index in [1.807, 2.05) is 68.4 Å². The van der Waals surface area contributed by atoms with E-state index in [0.29, 0.717) is 11.7 Å². The van der Waals surface area contributed by atoms with Crippen LogP contribution in [0.2, 0.25) is 0 Å². The number of amidine groups is 1. The van der Waals surface area contributed by atoms with Gasteiger partial charge in [-0.1, -0.05) is 48.2 Å². The van der Waals surface area contributed by atoms with E-state index in [0.717, 1.165) is 16.9 Å². The third-order valence-electron chi connectivity index (χ3n) is 4.11. The van der Waals surface area contributed by atoms with Crippen LogP contribution in [0.1, 0.15) is 18.9 Å². The molecule has 2 aromatic carbocycles. The molecule has 0 saturated carbocycles. The zero-order valence-electron chi connectivity index (χ0n) is 14.8. The molecule has 0 aliphatic carbocycles. The fraction of sp³-hybridized carbons (Fsp3) is 0.250. The van der Waals surface area contributed by atoms with E-state index in [1.165, 1.54) is 11.8 Å². The SMILES string of the molecule is CCN1C(=O)C(CC(=O)Nc2ccccc2C)SC1=Nc1ccccc1. The molecule has 1 N–H and O–H groups in total. The van der Waals surface area contributed by atoms with Crippen LogP contribution in [0, 0.1) is 6.92 Å². The maximum absolute atomic E-state index is 12.6. The number of thioether (sulfide) groups is 1. The second kappa shape index (κ2) is 8.19. The average Bonchev–Trinajstić information content (AvgIpc) is 2.92. The fourth-order valence-electron chi connectivity index (χ4n) is 2.71. The summed E-state index contributed by atoms with van der Waals surface area (Å²) in [5.41, 5.74) is 2.57. The molecule has 1 aliphatic heterocycles. The van der Waals surface area contributed by atoms with Crippen LogP contribution in [-0.2, 0) is 9.59 Å². The fourth-order valence-corrected chi connectivity index (χ4v) is 3.93. The van der Waals surface area contributed by atoms with Gasteiger partial charge in [0.25, 0.3) is 0 Å². The van der Waals surface area contributed by atoms with Crippen LogP contribution < -0.4 is 5.32 Å². The molecule has 1 unspecified atom stereocenters. The lowest BCUT2D eigenvalue weighted by Crippen LogP contribution is -2.33. The molecule has 1 heterocycles. The van der Waals surface area contributed by atoms with Gasteiger partial charge in [0, 0.05) is 18.7 Å². The van der Waals surface area contributed by atoms with E-state index in [-0.39, 0.29) is 18.2 Å². The molecule has 2 aromatic rings. The number of nitrogens with one attached hydrogen (secondary N) is 1. The highest BCUT2D eigenvalue weighted by Crippen LogP contribution is 2.31. The minimum atomic E-state index is -0.443. The summed E-state index contributed by atoms with van der Waals surface area (Å²) in [4.78, 5) is 31.2. The molecule has 1 fully saturated rings. The largest absolute Gasteiger partial charge is 0.326 e. The highest BCUT2D eigenvalue weighted by molar-refractivity contribution is 8.15. The monoisotopic (exact) mass is 367 g/mol. The maximum Gasteiger partial charge on any atom is 0.242 e. The van der Waals surface area contributed by atoms with Crippen LogP contribution in [0.4, 0.5) is 11.4 Å². The molecule has 5 nitrogen and oxygen atoms in total. The summed E-state index contributed by atoms with van der Waals surface area (Å²) in [6.45, 7) is 4.39. The van der Waals surface area contributed by atoms with Gasteiger partial charge in [-0.2, -0.15) is 0 Å². The smallest absolute Gasteiger partial charge is 0.242 e. The van der Waals surface area contributed by atoms with Crippen LogP contribution in [-0.4, -0.2) is 33.7 Å². The first-order valence-corrected chi connectivity index (χ1v) is 9.43. The number of aryl methyl sites for hydroxylation is 1. The van der Waals surface area contributed by atoms with E-state index in [9.17, 15) is 9.59 Å². The van der Waals surface area contributed by atoms with Gasteiger partial charge in [0.1, 0.15) is 5.25 Å². The molecule has 0 radical (unpaired) electrons. The molecule has 6 heteroatoms. The van der Waals surface area contributed by atoms with Gasteiger partial charge in [0.15, 0.2) is 5.17 Å². The lowest BCUT2D eigenvalue weighted by atomic mass is 10.2. The first kappa shape index (κ1) is 18.2. The van der Waals surface area contributed by atoms with Crippen LogP contribution in [0.3, 0.4) is 0 Å². The Morgan fingerprint density at radius 2 is 1.85 bits per heavy atom. The van der Waals surface area contributed by atoms with E-state index < -0.39 is 5.25 Å². The number of nitrogens with zero attached hydrogens (tertiary/aromatic N) is 2. The molecule has 0 spiro atoms. The van der Waals surface area contributed by atoms with Gasteiger partial charge in [-0.05, 0) is 37.6 Å². The summed E-state index contributed by atoms with van der Waals surface area (Å²) in [6.07, 6.45) is 0.127. The average molecular weight is 367 g/mol. The zero-order chi connectivity index (χ0) is 18.5. The number of aliphatic imine (C=N–C) groups is 1. The highest BCUT2D eigenvalue weighted by Gasteiger charge is 2.38. The summed E-state index contributed by atoms with van der Waals surface area (Å²) in [5.74, 6) is -0.228. The third-order valence-corrected chi connectivity index (χ3v) is 5.28. The Balaban J connectivity index is 1.71. The van der Waals surface area contributed by atoms with Crippen molar-refractivity contribution < 1.29 is 9.59 Å². The first-order chi connectivity index (χ1) is 12.6. The number of anilines is 1. The van der Waals surface area contributed by atoms with Crippen molar-refractivity contribution in [3.8, 4) is 0 Å². The van der Waals surface area contributed by atoms with Crippen molar-refractivity contribution >= 4 is 40.1 Å². The number of hydrogen-bond acceptors (Lipinski definition) is 4. The van der Waals surface area contributed by atoms with Crippen molar-refractivity contribution in [2.45, 2.75) is 25.5 Å². The molecule has 0 aromatic heterocycles. The van der Waals surface area contributed by atoms with Crippen molar-refractivity contribution in [3.05, 3.63) is 60.2 Å². The van der Waals surface area contributed by atoms with Gasteiger partial charge < -0.3 is 5.32 Å². The second-order valence-corrected chi connectivity index (χ2v) is 7.16. The number of amides is 2. The van der Waals surface area contributed by atoms with Crippen molar-refractivity contribution in [3.63, 3.8) is 0 Å². The normalized spacial score (nSPS) is 18.4. The number of rotatable bonds is 5. The van der Waals surface area contributed by atoms with Crippen molar-refractivity contribution in [2.75, 3.05) is 11.9 Å². The van der Waals surface area contributed by atoms with Crippen LogP contribution >= 0.6 is 11.8 Å². The Morgan fingerprint density at radius 3 is 2.54 bits per heavy atom. The Morgan fingerprint density at radius 1 is 1.15 bits per heavy atom. The molecule has 1 aliphatic rings. The summed E-state index contributed by atoms with van der Waals surface area (Å²) in [5, 5.41) is 3.10. The Kier molecular flexibility index (Phi) is 5.73. The zero-order valence-corrected chi connectivity index (χ0v) is 15.6. The molecule has 3 rings (SSSR count). The number of benzene rings is 2. The summed E-state index contributed by atoms with van der Waals surface area (Å²) in [7, 11) is 0. The Bertz CT molecular complexity index is 836. The van der Waals surface area contributed by atoms with Crippen molar-refractivity contribution in [2.24, 2.45) is 4.99 Å². The molecule has 2 amide bonds. The molecule has 1 saturated heterocycles. The topological polar surface area (TPSA) is 61.8 Å². The van der Waals surface area contributed by atoms with E-state index in [4.69, 9.17) is 0 Å². The number of hydrogen-bond donors (Lipinski definition) is 1. The van der Waals surface area contributed by atoms with Gasteiger partial charge in [0.05, 0.1) is 5.69 Å². The van der Waals surface area contributed by atoms with Crippen molar-refractivity contribution in [1.29, 1.82) is 0 Å². The third kappa shape index (κ3) is 4.14. The second-order valence-electron chi connectivity index (χ2n) is 5.99.